The molecule has 0 unspecified atom stereocenters. The number of hydrogen-bond donors (Lipinski definition) is 2. The summed E-state index contributed by atoms with van der Waals surface area (Å²) in [7, 11) is 0. The van der Waals surface area contributed by atoms with Crippen molar-refractivity contribution in [2.45, 2.75) is 13.5 Å². The lowest BCUT2D eigenvalue weighted by atomic mass is 10.3. The van der Waals surface area contributed by atoms with Crippen LogP contribution in [0.15, 0.2) is 42.6 Å². The van der Waals surface area contributed by atoms with E-state index in [9.17, 15) is 14.0 Å². The van der Waals surface area contributed by atoms with Gasteiger partial charge in [-0.15, -0.1) is 11.3 Å². The predicted octanol–water partition coefficient (Wildman–Crippen LogP) is 2.75. The standard InChI is InChI=1S/C21H20FN5O3S/c1-13-20(31-19(25-13)12-30-16-5-2-14(22)3-6-16)21(29)26-15-4-7-17(24-10-15)27-9-8-23-18(28)11-27/h2-7,10H,8-9,11-12H2,1H3,(H,23,28)(H,26,29). The molecular formula is C21H20FN5O3S. The van der Waals surface area contributed by atoms with Crippen LogP contribution in [-0.2, 0) is 11.4 Å². The lowest BCUT2D eigenvalue weighted by Gasteiger charge is -2.27. The van der Waals surface area contributed by atoms with Crippen molar-refractivity contribution in [1.29, 1.82) is 0 Å². The molecule has 0 atom stereocenters. The van der Waals surface area contributed by atoms with Gasteiger partial charge in [-0.3, -0.25) is 9.59 Å². The van der Waals surface area contributed by atoms with E-state index in [1.165, 1.54) is 35.6 Å². The van der Waals surface area contributed by atoms with Gasteiger partial charge in [0.05, 0.1) is 24.1 Å². The van der Waals surface area contributed by atoms with Crippen LogP contribution in [0, 0.1) is 12.7 Å². The average molecular weight is 441 g/mol. The number of nitrogens with one attached hydrogen (secondary N) is 2. The number of rotatable bonds is 6. The summed E-state index contributed by atoms with van der Waals surface area (Å²) in [5.41, 5.74) is 1.15. The lowest BCUT2D eigenvalue weighted by molar-refractivity contribution is -0.120. The van der Waals surface area contributed by atoms with Crippen molar-refractivity contribution in [3.8, 4) is 5.75 Å². The largest absolute Gasteiger partial charge is 0.486 e. The Labute approximate surface area is 182 Å². The van der Waals surface area contributed by atoms with E-state index in [4.69, 9.17) is 4.74 Å². The van der Waals surface area contributed by atoms with E-state index in [1.807, 2.05) is 4.90 Å². The number of piperazine rings is 1. The molecule has 0 saturated carbocycles. The van der Waals surface area contributed by atoms with Gasteiger partial charge in [0.15, 0.2) is 0 Å². The topological polar surface area (TPSA) is 96.5 Å². The molecule has 2 aromatic heterocycles. The third kappa shape index (κ3) is 5.15. The van der Waals surface area contributed by atoms with Crippen LogP contribution in [0.5, 0.6) is 5.75 Å². The van der Waals surface area contributed by atoms with Crippen molar-refractivity contribution < 1.29 is 18.7 Å². The third-order valence-corrected chi connectivity index (χ3v) is 5.72. The maximum atomic E-state index is 13.0. The van der Waals surface area contributed by atoms with Crippen LogP contribution in [-0.4, -0.2) is 41.4 Å². The minimum Gasteiger partial charge on any atom is -0.486 e. The monoisotopic (exact) mass is 441 g/mol. The normalized spacial score (nSPS) is 13.6. The van der Waals surface area contributed by atoms with E-state index in [0.29, 0.717) is 45.9 Å². The number of ether oxygens (including phenoxy) is 1. The molecule has 8 nitrogen and oxygen atoms in total. The van der Waals surface area contributed by atoms with Crippen molar-refractivity contribution >= 4 is 34.7 Å². The average Bonchev–Trinajstić information content (AvgIpc) is 3.14. The van der Waals surface area contributed by atoms with Gasteiger partial charge < -0.3 is 20.3 Å². The Bertz CT molecular complexity index is 1090. The molecule has 10 heteroatoms. The van der Waals surface area contributed by atoms with Gasteiger partial charge >= 0.3 is 0 Å². The lowest BCUT2D eigenvalue weighted by Crippen LogP contribution is -2.48. The molecule has 1 saturated heterocycles. The first-order valence-corrected chi connectivity index (χ1v) is 10.4. The number of aryl methyl sites for hydroxylation is 1. The molecule has 160 valence electrons. The van der Waals surface area contributed by atoms with Crippen LogP contribution < -0.4 is 20.3 Å². The van der Waals surface area contributed by atoms with Gasteiger partial charge in [-0.2, -0.15) is 0 Å². The number of halogens is 1. The molecule has 4 rings (SSSR count). The van der Waals surface area contributed by atoms with Crippen LogP contribution in [0.1, 0.15) is 20.4 Å². The molecule has 0 radical (unpaired) electrons. The number of nitrogens with zero attached hydrogens (tertiary/aromatic N) is 3. The summed E-state index contributed by atoms with van der Waals surface area (Å²) >= 11 is 1.24. The molecule has 3 heterocycles. The Kier molecular flexibility index (Phi) is 6.08. The highest BCUT2D eigenvalue weighted by Crippen LogP contribution is 2.22. The van der Waals surface area contributed by atoms with Crippen LogP contribution in [0.4, 0.5) is 15.9 Å². The molecule has 1 aliphatic heterocycles. The van der Waals surface area contributed by atoms with Gasteiger partial charge in [0.25, 0.3) is 5.91 Å². The SMILES string of the molecule is Cc1nc(COc2ccc(F)cc2)sc1C(=O)Nc1ccc(N2CCNC(=O)C2)nc1. The number of pyridine rings is 1. The van der Waals surface area contributed by atoms with Gasteiger partial charge in [0, 0.05) is 13.1 Å². The van der Waals surface area contributed by atoms with Crippen LogP contribution in [0.2, 0.25) is 0 Å². The Morgan fingerprint density at radius 3 is 2.81 bits per heavy atom. The molecular weight excluding hydrogens is 421 g/mol. The summed E-state index contributed by atoms with van der Waals surface area (Å²) in [6.45, 7) is 3.48. The Morgan fingerprint density at radius 1 is 1.29 bits per heavy atom. The van der Waals surface area contributed by atoms with E-state index in [-0.39, 0.29) is 30.8 Å². The fraction of sp³-hybridized carbons (Fsp3) is 0.238. The molecule has 1 aliphatic rings. The minimum atomic E-state index is -0.333. The molecule has 0 bridgehead atoms. The first kappa shape index (κ1) is 20.7. The van der Waals surface area contributed by atoms with Gasteiger partial charge in [-0.25, -0.2) is 14.4 Å². The summed E-state index contributed by atoms with van der Waals surface area (Å²) in [6.07, 6.45) is 1.56. The Hall–Kier alpha value is -3.53. The summed E-state index contributed by atoms with van der Waals surface area (Å²) in [5.74, 6) is 0.556. The Balaban J connectivity index is 1.37. The number of anilines is 2. The van der Waals surface area contributed by atoms with E-state index in [0.717, 1.165) is 0 Å². The van der Waals surface area contributed by atoms with Crippen LogP contribution >= 0.6 is 11.3 Å². The van der Waals surface area contributed by atoms with E-state index >= 15 is 0 Å². The molecule has 31 heavy (non-hydrogen) atoms. The number of amides is 2. The van der Waals surface area contributed by atoms with Crippen molar-refractivity contribution in [2.75, 3.05) is 29.9 Å². The first-order valence-electron chi connectivity index (χ1n) is 9.61. The zero-order valence-corrected chi connectivity index (χ0v) is 17.5. The van der Waals surface area contributed by atoms with E-state index < -0.39 is 0 Å². The van der Waals surface area contributed by atoms with E-state index in [2.05, 4.69) is 20.6 Å². The quantitative estimate of drug-likeness (QED) is 0.611. The number of benzene rings is 1. The summed E-state index contributed by atoms with van der Waals surface area (Å²) in [6, 6.07) is 9.24. The summed E-state index contributed by atoms with van der Waals surface area (Å²) in [5, 5.41) is 6.23. The van der Waals surface area contributed by atoms with Gasteiger partial charge in [0.1, 0.15) is 33.9 Å². The maximum absolute atomic E-state index is 13.0. The number of carbonyl (C=O) groups is 2. The fourth-order valence-electron chi connectivity index (χ4n) is 3.07. The number of hydrogen-bond acceptors (Lipinski definition) is 7. The highest BCUT2D eigenvalue weighted by atomic mass is 32.1. The minimum absolute atomic E-state index is 0.0367. The van der Waals surface area contributed by atoms with Gasteiger partial charge in [-0.1, -0.05) is 0 Å². The molecule has 1 fully saturated rings. The summed E-state index contributed by atoms with van der Waals surface area (Å²) in [4.78, 5) is 35.3. The molecule has 3 aromatic rings. The van der Waals surface area contributed by atoms with Crippen molar-refractivity contribution in [2.24, 2.45) is 0 Å². The van der Waals surface area contributed by atoms with Crippen molar-refractivity contribution in [3.05, 3.63) is 64.0 Å². The van der Waals surface area contributed by atoms with E-state index in [1.54, 1.807) is 25.3 Å². The van der Waals surface area contributed by atoms with Crippen molar-refractivity contribution in [1.82, 2.24) is 15.3 Å². The second-order valence-electron chi connectivity index (χ2n) is 6.90. The number of aromatic nitrogens is 2. The second kappa shape index (κ2) is 9.09. The first-order chi connectivity index (χ1) is 15.0. The number of carbonyl (C=O) groups excluding carboxylic acids is 2. The zero-order valence-electron chi connectivity index (χ0n) is 16.7. The molecule has 2 amide bonds. The molecule has 0 spiro atoms. The fourth-order valence-corrected chi connectivity index (χ4v) is 3.94. The molecule has 1 aromatic carbocycles. The number of thiazole rings is 1. The van der Waals surface area contributed by atoms with Crippen LogP contribution in [0.25, 0.3) is 0 Å². The van der Waals surface area contributed by atoms with Crippen LogP contribution in [0.3, 0.4) is 0 Å². The zero-order chi connectivity index (χ0) is 21.8. The predicted molar refractivity (Wildman–Crippen MR) is 115 cm³/mol. The Morgan fingerprint density at radius 2 is 2.10 bits per heavy atom. The third-order valence-electron chi connectivity index (χ3n) is 4.59. The smallest absolute Gasteiger partial charge is 0.267 e. The second-order valence-corrected chi connectivity index (χ2v) is 7.98. The van der Waals surface area contributed by atoms with Crippen molar-refractivity contribution in [3.63, 3.8) is 0 Å². The molecule has 0 aliphatic carbocycles. The summed E-state index contributed by atoms with van der Waals surface area (Å²) < 4.78 is 18.6. The van der Waals surface area contributed by atoms with Gasteiger partial charge in [-0.05, 0) is 43.3 Å². The maximum Gasteiger partial charge on any atom is 0.267 e. The van der Waals surface area contributed by atoms with Gasteiger partial charge in [0.2, 0.25) is 5.91 Å². The highest BCUT2D eigenvalue weighted by Gasteiger charge is 2.19. The highest BCUT2D eigenvalue weighted by molar-refractivity contribution is 7.13. The molecule has 2 N–H and O–H groups in total.